The average Bonchev–Trinajstić information content (AvgIpc) is 3.01. The van der Waals surface area contributed by atoms with Crippen LogP contribution in [0.15, 0.2) is 18.2 Å². The van der Waals surface area contributed by atoms with Crippen LogP contribution < -0.4 is 5.32 Å². The highest BCUT2D eigenvalue weighted by Gasteiger charge is 2.23. The number of benzene rings is 1. The van der Waals surface area contributed by atoms with Crippen LogP contribution in [0.2, 0.25) is 5.02 Å². The first-order chi connectivity index (χ1) is 9.22. The van der Waals surface area contributed by atoms with E-state index in [1.807, 2.05) is 0 Å². The van der Waals surface area contributed by atoms with E-state index < -0.39 is 0 Å². The molecule has 3 heteroatoms. The van der Waals surface area contributed by atoms with Gasteiger partial charge in [0.2, 0.25) is 0 Å². The maximum absolute atomic E-state index is 6.50. The van der Waals surface area contributed by atoms with E-state index in [9.17, 15) is 0 Å². The van der Waals surface area contributed by atoms with Crippen LogP contribution in [0.4, 0.5) is 0 Å². The summed E-state index contributed by atoms with van der Waals surface area (Å²) in [7, 11) is 2.19. The van der Waals surface area contributed by atoms with Crippen molar-refractivity contribution in [2.75, 3.05) is 26.7 Å². The molecular formula is C16H23ClN2. The number of hydrogen-bond donors (Lipinski definition) is 1. The number of rotatable bonds is 3. The van der Waals surface area contributed by atoms with E-state index in [4.69, 9.17) is 11.6 Å². The van der Waals surface area contributed by atoms with E-state index in [2.05, 4.69) is 35.5 Å². The highest BCUT2D eigenvalue weighted by Crippen LogP contribution is 2.32. The topological polar surface area (TPSA) is 15.3 Å². The summed E-state index contributed by atoms with van der Waals surface area (Å²) in [6, 6.07) is 7.38. The molecule has 104 valence electrons. The predicted octanol–water partition coefficient (Wildman–Crippen LogP) is 3.05. The fourth-order valence-electron chi connectivity index (χ4n) is 3.43. The summed E-state index contributed by atoms with van der Waals surface area (Å²) in [5.74, 6) is 0.621. The zero-order valence-electron chi connectivity index (χ0n) is 11.7. The second-order valence-corrected chi connectivity index (χ2v) is 6.51. The Morgan fingerprint density at radius 2 is 2.26 bits per heavy atom. The normalized spacial score (nSPS) is 28.1. The van der Waals surface area contributed by atoms with Gasteiger partial charge in [0.1, 0.15) is 0 Å². The molecular weight excluding hydrogens is 256 g/mol. The standard InChI is InChI=1S/C16H23ClN2/c1-19-8-6-13(11-19)15-5-4-12(10-16(15)17)9-14-3-2-7-18-14/h4-5,10,13-14,18H,2-3,6-9,11H2,1H3. The van der Waals surface area contributed by atoms with Gasteiger partial charge in [-0.15, -0.1) is 0 Å². The van der Waals surface area contributed by atoms with Crippen molar-refractivity contribution in [2.24, 2.45) is 0 Å². The summed E-state index contributed by atoms with van der Waals surface area (Å²) < 4.78 is 0. The molecule has 3 rings (SSSR count). The molecule has 2 nitrogen and oxygen atoms in total. The maximum atomic E-state index is 6.50. The van der Waals surface area contributed by atoms with Crippen molar-refractivity contribution in [3.05, 3.63) is 34.3 Å². The lowest BCUT2D eigenvalue weighted by atomic mass is 9.95. The molecule has 2 aliphatic rings. The molecule has 2 aliphatic heterocycles. The van der Waals surface area contributed by atoms with Gasteiger partial charge in [0.25, 0.3) is 0 Å². The smallest absolute Gasteiger partial charge is 0.0444 e. The van der Waals surface area contributed by atoms with Gasteiger partial charge in [0.05, 0.1) is 0 Å². The first kappa shape index (κ1) is 13.4. The molecule has 2 heterocycles. The van der Waals surface area contributed by atoms with Gasteiger partial charge in [-0.25, -0.2) is 0 Å². The number of nitrogens with one attached hydrogen (secondary N) is 1. The number of halogens is 1. The van der Waals surface area contributed by atoms with E-state index in [0.29, 0.717) is 12.0 Å². The molecule has 1 aromatic carbocycles. The summed E-state index contributed by atoms with van der Waals surface area (Å²) in [6.45, 7) is 3.50. The quantitative estimate of drug-likeness (QED) is 0.914. The van der Waals surface area contributed by atoms with Gasteiger partial charge >= 0.3 is 0 Å². The Morgan fingerprint density at radius 3 is 2.89 bits per heavy atom. The summed E-state index contributed by atoms with van der Waals surface area (Å²) in [4.78, 5) is 2.39. The zero-order chi connectivity index (χ0) is 13.2. The SMILES string of the molecule is CN1CCC(c2ccc(CC3CCCN3)cc2Cl)C1. The molecule has 2 unspecified atom stereocenters. The molecule has 19 heavy (non-hydrogen) atoms. The highest BCUT2D eigenvalue weighted by atomic mass is 35.5. The first-order valence-electron chi connectivity index (χ1n) is 7.42. The lowest BCUT2D eigenvalue weighted by molar-refractivity contribution is 0.411. The largest absolute Gasteiger partial charge is 0.314 e. The van der Waals surface area contributed by atoms with Crippen LogP contribution in [0.5, 0.6) is 0 Å². The van der Waals surface area contributed by atoms with E-state index in [1.54, 1.807) is 0 Å². The van der Waals surface area contributed by atoms with Gasteiger partial charge in [0, 0.05) is 17.6 Å². The van der Waals surface area contributed by atoms with Crippen LogP contribution in [0.3, 0.4) is 0 Å². The third-order valence-electron chi connectivity index (χ3n) is 4.54. The molecule has 1 N–H and O–H groups in total. The van der Waals surface area contributed by atoms with Gasteiger partial charge in [0.15, 0.2) is 0 Å². The fraction of sp³-hybridized carbons (Fsp3) is 0.625. The molecule has 0 saturated carbocycles. The number of nitrogens with zero attached hydrogens (tertiary/aromatic N) is 1. The Bertz CT molecular complexity index is 440. The van der Waals surface area contributed by atoms with Crippen molar-refractivity contribution in [1.29, 1.82) is 0 Å². The van der Waals surface area contributed by atoms with Crippen LogP contribution in [-0.2, 0) is 6.42 Å². The molecule has 0 spiro atoms. The molecule has 0 aromatic heterocycles. The van der Waals surface area contributed by atoms with E-state index >= 15 is 0 Å². The maximum Gasteiger partial charge on any atom is 0.0444 e. The van der Waals surface area contributed by atoms with Gasteiger partial charge in [-0.2, -0.15) is 0 Å². The molecule has 0 aliphatic carbocycles. The summed E-state index contributed by atoms with van der Waals surface area (Å²) in [5, 5.41) is 4.52. The van der Waals surface area contributed by atoms with E-state index in [0.717, 1.165) is 18.0 Å². The number of likely N-dealkylation sites (tertiary alicyclic amines) is 1. The molecule has 1 aromatic rings. The van der Waals surface area contributed by atoms with Crippen LogP contribution in [0, 0.1) is 0 Å². The third kappa shape index (κ3) is 3.13. The fourth-order valence-corrected chi connectivity index (χ4v) is 3.79. The van der Waals surface area contributed by atoms with Crippen LogP contribution in [-0.4, -0.2) is 37.6 Å². The minimum absolute atomic E-state index is 0.621. The second kappa shape index (κ2) is 5.82. The Morgan fingerprint density at radius 1 is 1.37 bits per heavy atom. The van der Waals surface area contributed by atoms with Gasteiger partial charge in [-0.3, -0.25) is 0 Å². The van der Waals surface area contributed by atoms with Crippen molar-refractivity contribution in [3.8, 4) is 0 Å². The predicted molar refractivity (Wildman–Crippen MR) is 81.0 cm³/mol. The molecule has 2 atom stereocenters. The van der Waals surface area contributed by atoms with Crippen molar-refractivity contribution >= 4 is 11.6 Å². The lowest BCUT2D eigenvalue weighted by Gasteiger charge is -2.15. The minimum Gasteiger partial charge on any atom is -0.314 e. The van der Waals surface area contributed by atoms with Crippen molar-refractivity contribution in [1.82, 2.24) is 10.2 Å². The first-order valence-corrected chi connectivity index (χ1v) is 7.80. The Balaban J connectivity index is 1.70. The molecule has 0 amide bonds. The zero-order valence-corrected chi connectivity index (χ0v) is 12.4. The summed E-state index contributed by atoms with van der Waals surface area (Å²) in [5.41, 5.74) is 2.72. The Labute approximate surface area is 121 Å². The highest BCUT2D eigenvalue weighted by molar-refractivity contribution is 6.31. The monoisotopic (exact) mass is 278 g/mol. The molecule has 2 saturated heterocycles. The van der Waals surface area contributed by atoms with Gasteiger partial charge < -0.3 is 10.2 Å². The Kier molecular flexibility index (Phi) is 4.11. The Hall–Kier alpha value is -0.570. The van der Waals surface area contributed by atoms with Crippen molar-refractivity contribution < 1.29 is 0 Å². The minimum atomic E-state index is 0.621. The van der Waals surface area contributed by atoms with Gasteiger partial charge in [-0.1, -0.05) is 23.7 Å². The number of likely N-dealkylation sites (N-methyl/N-ethyl adjacent to an activating group) is 1. The van der Waals surface area contributed by atoms with Crippen molar-refractivity contribution in [2.45, 2.75) is 37.6 Å². The average molecular weight is 279 g/mol. The van der Waals surface area contributed by atoms with Gasteiger partial charge in [-0.05, 0) is 68.9 Å². The van der Waals surface area contributed by atoms with Crippen molar-refractivity contribution in [3.63, 3.8) is 0 Å². The lowest BCUT2D eigenvalue weighted by Crippen LogP contribution is -2.23. The number of hydrogen-bond acceptors (Lipinski definition) is 2. The molecule has 0 radical (unpaired) electrons. The van der Waals surface area contributed by atoms with Crippen LogP contribution in [0.25, 0.3) is 0 Å². The summed E-state index contributed by atoms with van der Waals surface area (Å²) in [6.07, 6.45) is 4.96. The van der Waals surface area contributed by atoms with E-state index in [-0.39, 0.29) is 0 Å². The molecule has 0 bridgehead atoms. The third-order valence-corrected chi connectivity index (χ3v) is 4.87. The van der Waals surface area contributed by atoms with Crippen LogP contribution in [0.1, 0.15) is 36.3 Å². The summed E-state index contributed by atoms with van der Waals surface area (Å²) >= 11 is 6.50. The van der Waals surface area contributed by atoms with Crippen LogP contribution >= 0.6 is 11.6 Å². The molecule has 2 fully saturated rings. The second-order valence-electron chi connectivity index (χ2n) is 6.10. The van der Waals surface area contributed by atoms with E-state index in [1.165, 1.54) is 43.5 Å².